The van der Waals surface area contributed by atoms with Gasteiger partial charge >= 0.3 is 11.7 Å². The van der Waals surface area contributed by atoms with Gasteiger partial charge in [0.15, 0.2) is 5.52 Å². The third-order valence-electron chi connectivity index (χ3n) is 3.15. The number of carbonyl (C=O) groups excluding carboxylic acids is 1. The SMILES string of the molecule is O=C(OCCSc1ccc([N+](=O)O)c2nonc12)c1ccccc1. The number of rotatable bonds is 6. The minimum Gasteiger partial charge on any atom is -0.461 e. The predicted molar refractivity (Wildman–Crippen MR) is 84.3 cm³/mol. The van der Waals surface area contributed by atoms with Gasteiger partial charge in [0.2, 0.25) is 5.52 Å². The van der Waals surface area contributed by atoms with E-state index in [-0.39, 0.29) is 28.7 Å². The number of ether oxygens (including phenoxy) is 1. The molecule has 0 spiro atoms. The number of esters is 1. The average Bonchev–Trinajstić information content (AvgIpc) is 3.08. The molecule has 0 fully saturated rings. The van der Waals surface area contributed by atoms with E-state index in [0.717, 1.165) is 0 Å². The molecular weight excluding hydrogens is 334 g/mol. The van der Waals surface area contributed by atoms with Crippen LogP contribution >= 0.6 is 11.8 Å². The molecule has 8 nitrogen and oxygen atoms in total. The zero-order chi connectivity index (χ0) is 16.9. The predicted octanol–water partition coefficient (Wildman–Crippen LogP) is 2.97. The Balaban J connectivity index is 1.61. The van der Waals surface area contributed by atoms with E-state index >= 15 is 0 Å². The fourth-order valence-corrected chi connectivity index (χ4v) is 2.87. The molecule has 0 unspecified atom stereocenters. The monoisotopic (exact) mass is 346 g/mol. The van der Waals surface area contributed by atoms with E-state index in [1.807, 2.05) is 6.07 Å². The summed E-state index contributed by atoms with van der Waals surface area (Å²) in [4.78, 5) is 23.3. The highest BCUT2D eigenvalue weighted by Crippen LogP contribution is 2.31. The van der Waals surface area contributed by atoms with Crippen molar-refractivity contribution < 1.29 is 24.3 Å². The van der Waals surface area contributed by atoms with Gasteiger partial charge in [-0.3, -0.25) is 0 Å². The van der Waals surface area contributed by atoms with E-state index < -0.39 is 0 Å². The molecule has 0 atom stereocenters. The van der Waals surface area contributed by atoms with Crippen molar-refractivity contribution in [2.24, 2.45) is 0 Å². The molecule has 9 heteroatoms. The van der Waals surface area contributed by atoms with E-state index in [2.05, 4.69) is 14.9 Å². The molecule has 0 aliphatic heterocycles. The molecule has 0 saturated heterocycles. The van der Waals surface area contributed by atoms with Gasteiger partial charge in [-0.15, -0.1) is 11.8 Å². The van der Waals surface area contributed by atoms with Crippen molar-refractivity contribution in [2.75, 3.05) is 12.4 Å². The van der Waals surface area contributed by atoms with Crippen LogP contribution in [0.1, 0.15) is 10.4 Å². The van der Waals surface area contributed by atoms with Crippen LogP contribution in [-0.4, -0.2) is 38.8 Å². The van der Waals surface area contributed by atoms with Gasteiger partial charge in [-0.1, -0.05) is 18.2 Å². The zero-order valence-corrected chi connectivity index (χ0v) is 13.1. The Morgan fingerprint density at radius 1 is 1.17 bits per heavy atom. The van der Waals surface area contributed by atoms with Crippen LogP contribution in [0.25, 0.3) is 11.0 Å². The summed E-state index contributed by atoms with van der Waals surface area (Å²) in [5.41, 5.74) is 0.972. The Hall–Kier alpha value is -2.94. The van der Waals surface area contributed by atoms with Gasteiger partial charge in [-0.05, 0) is 28.5 Å². The second-order valence-electron chi connectivity index (χ2n) is 4.67. The maximum Gasteiger partial charge on any atom is 0.347 e. The van der Waals surface area contributed by atoms with E-state index in [1.54, 1.807) is 30.3 Å². The smallest absolute Gasteiger partial charge is 0.347 e. The van der Waals surface area contributed by atoms with E-state index in [0.29, 0.717) is 21.7 Å². The summed E-state index contributed by atoms with van der Waals surface area (Å²) in [5.74, 6) is 0.0992. The molecule has 3 aromatic rings. The molecule has 0 aliphatic rings. The van der Waals surface area contributed by atoms with E-state index in [1.165, 1.54) is 17.8 Å². The third kappa shape index (κ3) is 3.35. The minimum atomic E-state index is -0.387. The number of aromatic nitrogens is 2. The summed E-state index contributed by atoms with van der Waals surface area (Å²) >= 11 is 1.37. The number of thioether (sulfide) groups is 1. The number of fused-ring (bicyclic) bond motifs is 1. The van der Waals surface area contributed by atoms with Crippen LogP contribution in [0.5, 0.6) is 0 Å². The van der Waals surface area contributed by atoms with Crippen molar-refractivity contribution in [2.45, 2.75) is 4.90 Å². The van der Waals surface area contributed by atoms with Crippen molar-refractivity contribution in [3.05, 3.63) is 52.9 Å². The number of benzene rings is 2. The van der Waals surface area contributed by atoms with Gasteiger partial charge < -0.3 is 4.74 Å². The standard InChI is InChI=1S/C15H12N3O5S/c19-15(10-4-2-1-3-5-10)22-8-9-24-12-7-6-11(18(20)21)13-14(12)17-23-16-13/h1-7H,8-9H2,(H,20,21)/q+1. The molecule has 0 saturated carbocycles. The van der Waals surface area contributed by atoms with E-state index in [4.69, 9.17) is 9.94 Å². The van der Waals surface area contributed by atoms with Crippen molar-refractivity contribution in [3.8, 4) is 0 Å². The summed E-state index contributed by atoms with van der Waals surface area (Å²) in [7, 11) is 0. The largest absolute Gasteiger partial charge is 0.461 e. The van der Waals surface area contributed by atoms with E-state index in [9.17, 15) is 9.70 Å². The van der Waals surface area contributed by atoms with Gasteiger partial charge in [0, 0.05) is 16.7 Å². The highest BCUT2D eigenvalue weighted by Gasteiger charge is 2.23. The summed E-state index contributed by atoms with van der Waals surface area (Å²) in [6, 6.07) is 11.8. The van der Waals surface area contributed by atoms with Crippen LogP contribution in [0.4, 0.5) is 5.69 Å². The lowest BCUT2D eigenvalue weighted by Gasteiger charge is -2.04. The summed E-state index contributed by atoms with van der Waals surface area (Å²) < 4.78 is 9.81. The second-order valence-corrected chi connectivity index (χ2v) is 5.80. The van der Waals surface area contributed by atoms with Crippen LogP contribution in [0.3, 0.4) is 0 Å². The molecule has 122 valence electrons. The van der Waals surface area contributed by atoms with Crippen molar-refractivity contribution in [3.63, 3.8) is 0 Å². The first-order chi connectivity index (χ1) is 11.7. The molecule has 1 aromatic heterocycles. The van der Waals surface area contributed by atoms with Crippen LogP contribution in [0, 0.1) is 4.91 Å². The van der Waals surface area contributed by atoms with Crippen molar-refractivity contribution >= 4 is 34.5 Å². The van der Waals surface area contributed by atoms with Crippen molar-refractivity contribution in [1.29, 1.82) is 0 Å². The third-order valence-corrected chi connectivity index (χ3v) is 4.16. The quantitative estimate of drug-likeness (QED) is 0.314. The highest BCUT2D eigenvalue weighted by atomic mass is 32.2. The van der Waals surface area contributed by atoms with Crippen molar-refractivity contribution in [1.82, 2.24) is 10.3 Å². The molecule has 2 aromatic carbocycles. The van der Waals surface area contributed by atoms with Gasteiger partial charge in [0.1, 0.15) is 6.61 Å². The summed E-state index contributed by atoms with van der Waals surface area (Å²) in [6.07, 6.45) is 0. The van der Waals surface area contributed by atoms with Crippen LogP contribution < -0.4 is 0 Å². The maximum absolute atomic E-state index is 11.8. The lowest BCUT2D eigenvalue weighted by atomic mass is 10.2. The first kappa shape index (κ1) is 15.9. The second kappa shape index (κ2) is 7.09. The van der Waals surface area contributed by atoms with Gasteiger partial charge in [-0.25, -0.2) is 14.6 Å². The Morgan fingerprint density at radius 2 is 1.92 bits per heavy atom. The molecule has 0 aliphatic carbocycles. The Kier molecular flexibility index (Phi) is 4.71. The Morgan fingerprint density at radius 3 is 2.67 bits per heavy atom. The number of nitrogens with zero attached hydrogens (tertiary/aromatic N) is 3. The molecular formula is C15H12N3O5S+. The Bertz CT molecular complexity index is 881. The van der Waals surface area contributed by atoms with Crippen LogP contribution in [0.2, 0.25) is 0 Å². The first-order valence-corrected chi connectivity index (χ1v) is 7.92. The van der Waals surface area contributed by atoms with Gasteiger partial charge in [0.05, 0.1) is 10.5 Å². The lowest BCUT2D eigenvalue weighted by Crippen LogP contribution is -2.07. The maximum atomic E-state index is 11.8. The highest BCUT2D eigenvalue weighted by molar-refractivity contribution is 7.99. The number of hydrogen-bond acceptors (Lipinski definition) is 7. The van der Waals surface area contributed by atoms with Gasteiger partial charge in [-0.2, -0.15) is 0 Å². The molecule has 1 heterocycles. The topological polar surface area (TPSA) is 106 Å². The molecule has 3 rings (SSSR count). The summed E-state index contributed by atoms with van der Waals surface area (Å²) in [5, 5.41) is 16.4. The normalized spacial score (nSPS) is 10.7. The molecule has 0 radical (unpaired) electrons. The average molecular weight is 346 g/mol. The summed E-state index contributed by atoms with van der Waals surface area (Å²) in [6.45, 7) is 0.209. The molecule has 1 N–H and O–H groups in total. The first-order valence-electron chi connectivity index (χ1n) is 6.93. The molecule has 0 bridgehead atoms. The fourth-order valence-electron chi connectivity index (χ4n) is 2.05. The zero-order valence-electron chi connectivity index (χ0n) is 12.3. The molecule has 0 amide bonds. The van der Waals surface area contributed by atoms with Crippen LogP contribution in [-0.2, 0) is 4.74 Å². The van der Waals surface area contributed by atoms with Gasteiger partial charge in [0.25, 0.3) is 4.92 Å². The number of carbonyl (C=O) groups is 1. The number of hydrogen-bond donors (Lipinski definition) is 1. The fraction of sp³-hybridized carbons (Fsp3) is 0.133. The molecule has 24 heavy (non-hydrogen) atoms. The minimum absolute atomic E-state index is 0.0499. The Labute approximate surface area is 139 Å². The van der Waals surface area contributed by atoms with Crippen LogP contribution in [0.15, 0.2) is 52.0 Å². The lowest BCUT2D eigenvalue weighted by molar-refractivity contribution is -0.728.